The van der Waals surface area contributed by atoms with E-state index in [1.54, 1.807) is 36.4 Å². The molecule has 3 aromatic carbocycles. The Morgan fingerprint density at radius 2 is 1.63 bits per heavy atom. The second-order valence-corrected chi connectivity index (χ2v) is 7.35. The quantitative estimate of drug-likeness (QED) is 0.568. The Labute approximate surface area is 181 Å². The van der Waals surface area contributed by atoms with Crippen molar-refractivity contribution in [1.29, 1.82) is 0 Å². The summed E-state index contributed by atoms with van der Waals surface area (Å²) in [6, 6.07) is 19.7. The normalized spacial score (nSPS) is 10.4. The van der Waals surface area contributed by atoms with Crippen LogP contribution in [0.2, 0.25) is 5.02 Å². The van der Waals surface area contributed by atoms with Crippen LogP contribution in [0.15, 0.2) is 66.7 Å². The summed E-state index contributed by atoms with van der Waals surface area (Å²) in [4.78, 5) is 24.4. The third kappa shape index (κ3) is 5.84. The molecule has 0 aromatic heterocycles. The van der Waals surface area contributed by atoms with Gasteiger partial charge in [0.05, 0.1) is 0 Å². The van der Waals surface area contributed by atoms with Crippen LogP contribution in [0.3, 0.4) is 0 Å². The molecule has 154 valence electrons. The maximum absolute atomic E-state index is 12.5. The third-order valence-electron chi connectivity index (χ3n) is 4.74. The first-order valence-electron chi connectivity index (χ1n) is 9.54. The van der Waals surface area contributed by atoms with Crippen molar-refractivity contribution < 1.29 is 14.3 Å². The van der Waals surface area contributed by atoms with Gasteiger partial charge in [-0.05, 0) is 73.0 Å². The molecule has 0 aliphatic rings. The van der Waals surface area contributed by atoms with Crippen molar-refractivity contribution >= 4 is 29.1 Å². The molecule has 30 heavy (non-hydrogen) atoms. The highest BCUT2D eigenvalue weighted by Crippen LogP contribution is 2.19. The molecular weight excluding hydrogens is 400 g/mol. The first-order chi connectivity index (χ1) is 14.4. The number of halogens is 1. The van der Waals surface area contributed by atoms with Gasteiger partial charge in [0, 0.05) is 22.8 Å². The van der Waals surface area contributed by atoms with Gasteiger partial charge in [0.15, 0.2) is 6.61 Å². The highest BCUT2D eigenvalue weighted by atomic mass is 35.5. The van der Waals surface area contributed by atoms with E-state index in [9.17, 15) is 9.59 Å². The van der Waals surface area contributed by atoms with E-state index in [1.165, 1.54) is 0 Å². The Morgan fingerprint density at radius 1 is 0.933 bits per heavy atom. The average Bonchev–Trinajstić information content (AvgIpc) is 2.75. The molecule has 0 spiro atoms. The van der Waals surface area contributed by atoms with Crippen molar-refractivity contribution in [2.75, 3.05) is 11.9 Å². The van der Waals surface area contributed by atoms with E-state index in [0.717, 1.165) is 22.4 Å². The SMILES string of the molecule is Cc1cccc(NC(=O)c2ccc(OCC(=O)NCc3ccc(Cl)cc3)cc2)c1C. The summed E-state index contributed by atoms with van der Waals surface area (Å²) in [6.07, 6.45) is 0. The van der Waals surface area contributed by atoms with Crippen LogP contribution in [-0.2, 0) is 11.3 Å². The molecule has 0 bridgehead atoms. The van der Waals surface area contributed by atoms with E-state index in [4.69, 9.17) is 16.3 Å². The Kier molecular flexibility index (Phi) is 7.09. The molecule has 0 saturated heterocycles. The maximum Gasteiger partial charge on any atom is 0.258 e. The van der Waals surface area contributed by atoms with Crippen molar-refractivity contribution in [2.24, 2.45) is 0 Å². The van der Waals surface area contributed by atoms with E-state index in [2.05, 4.69) is 10.6 Å². The minimum atomic E-state index is -0.235. The molecule has 0 radical (unpaired) electrons. The van der Waals surface area contributed by atoms with Gasteiger partial charge in [0.25, 0.3) is 11.8 Å². The van der Waals surface area contributed by atoms with Crippen LogP contribution in [0.1, 0.15) is 27.0 Å². The minimum absolute atomic E-state index is 0.110. The van der Waals surface area contributed by atoms with E-state index in [1.807, 2.05) is 44.2 Å². The van der Waals surface area contributed by atoms with Gasteiger partial charge in [-0.15, -0.1) is 0 Å². The number of carbonyl (C=O) groups is 2. The van der Waals surface area contributed by atoms with Crippen molar-refractivity contribution in [3.63, 3.8) is 0 Å². The third-order valence-corrected chi connectivity index (χ3v) is 4.99. The minimum Gasteiger partial charge on any atom is -0.484 e. The zero-order valence-corrected chi connectivity index (χ0v) is 17.6. The molecule has 2 N–H and O–H groups in total. The number of anilines is 1. The fraction of sp³-hybridized carbons (Fsp3) is 0.167. The molecule has 0 fully saturated rings. The Bertz CT molecular complexity index is 1030. The average molecular weight is 423 g/mol. The predicted molar refractivity (Wildman–Crippen MR) is 119 cm³/mol. The molecule has 0 aliphatic heterocycles. The van der Waals surface area contributed by atoms with Crippen molar-refractivity contribution in [3.8, 4) is 5.75 Å². The summed E-state index contributed by atoms with van der Waals surface area (Å²) in [7, 11) is 0. The fourth-order valence-electron chi connectivity index (χ4n) is 2.79. The predicted octanol–water partition coefficient (Wildman–Crippen LogP) is 4.90. The summed E-state index contributed by atoms with van der Waals surface area (Å²) >= 11 is 5.84. The summed E-state index contributed by atoms with van der Waals surface area (Å²) < 4.78 is 5.50. The molecule has 0 unspecified atom stereocenters. The Hall–Kier alpha value is -3.31. The number of carbonyl (C=O) groups excluding carboxylic acids is 2. The number of ether oxygens (including phenoxy) is 1. The van der Waals surface area contributed by atoms with Crippen LogP contribution < -0.4 is 15.4 Å². The molecule has 3 aromatic rings. The molecular formula is C24H23ClN2O3. The number of nitrogens with one attached hydrogen (secondary N) is 2. The molecule has 0 aliphatic carbocycles. The Morgan fingerprint density at radius 3 is 2.33 bits per heavy atom. The molecule has 0 heterocycles. The van der Waals surface area contributed by atoms with Gasteiger partial charge >= 0.3 is 0 Å². The van der Waals surface area contributed by atoms with Crippen LogP contribution in [0.25, 0.3) is 0 Å². The molecule has 6 heteroatoms. The lowest BCUT2D eigenvalue weighted by atomic mass is 10.1. The van der Waals surface area contributed by atoms with Gasteiger partial charge in [0.1, 0.15) is 5.75 Å². The number of rotatable bonds is 7. The summed E-state index contributed by atoms with van der Waals surface area (Å²) in [5, 5.41) is 6.36. The fourth-order valence-corrected chi connectivity index (χ4v) is 2.91. The zero-order chi connectivity index (χ0) is 21.5. The van der Waals surface area contributed by atoms with Crippen LogP contribution in [0, 0.1) is 13.8 Å². The van der Waals surface area contributed by atoms with Crippen LogP contribution in [0.4, 0.5) is 5.69 Å². The maximum atomic E-state index is 12.5. The van der Waals surface area contributed by atoms with Gasteiger partial charge in [-0.1, -0.05) is 35.9 Å². The first kappa shape index (κ1) is 21.4. The summed E-state index contributed by atoms with van der Waals surface area (Å²) in [5.74, 6) is 0.0811. The number of aryl methyl sites for hydroxylation is 1. The lowest BCUT2D eigenvalue weighted by molar-refractivity contribution is -0.123. The van der Waals surface area contributed by atoms with Crippen LogP contribution >= 0.6 is 11.6 Å². The largest absolute Gasteiger partial charge is 0.484 e. The topological polar surface area (TPSA) is 67.4 Å². The zero-order valence-electron chi connectivity index (χ0n) is 16.9. The standard InChI is InChI=1S/C24H23ClN2O3/c1-16-4-3-5-22(17(16)2)27-24(29)19-8-12-21(13-9-19)30-15-23(28)26-14-18-6-10-20(25)11-7-18/h3-13H,14-15H2,1-2H3,(H,26,28)(H,27,29). The van der Waals surface area contributed by atoms with E-state index in [0.29, 0.717) is 22.9 Å². The number of hydrogen-bond acceptors (Lipinski definition) is 3. The monoisotopic (exact) mass is 422 g/mol. The van der Waals surface area contributed by atoms with E-state index >= 15 is 0 Å². The highest BCUT2D eigenvalue weighted by molar-refractivity contribution is 6.30. The molecule has 5 nitrogen and oxygen atoms in total. The van der Waals surface area contributed by atoms with Crippen molar-refractivity contribution in [2.45, 2.75) is 20.4 Å². The second-order valence-electron chi connectivity index (χ2n) is 6.92. The first-order valence-corrected chi connectivity index (χ1v) is 9.92. The lowest BCUT2D eigenvalue weighted by Crippen LogP contribution is -2.28. The molecule has 0 saturated carbocycles. The molecule has 2 amide bonds. The number of hydrogen-bond donors (Lipinski definition) is 2. The molecule has 3 rings (SSSR count). The van der Waals surface area contributed by atoms with Crippen molar-refractivity contribution in [1.82, 2.24) is 5.32 Å². The summed E-state index contributed by atoms with van der Waals surface area (Å²) in [6.45, 7) is 4.26. The van der Waals surface area contributed by atoms with Crippen LogP contribution in [-0.4, -0.2) is 18.4 Å². The van der Waals surface area contributed by atoms with Crippen molar-refractivity contribution in [3.05, 3.63) is 94.0 Å². The van der Waals surface area contributed by atoms with Gasteiger partial charge in [-0.2, -0.15) is 0 Å². The molecule has 0 atom stereocenters. The highest BCUT2D eigenvalue weighted by Gasteiger charge is 2.09. The van der Waals surface area contributed by atoms with E-state index < -0.39 is 0 Å². The second kappa shape index (κ2) is 9.94. The Balaban J connectivity index is 1.49. The van der Waals surface area contributed by atoms with Gasteiger partial charge in [-0.25, -0.2) is 0 Å². The van der Waals surface area contributed by atoms with Gasteiger partial charge in [0.2, 0.25) is 0 Å². The lowest BCUT2D eigenvalue weighted by Gasteiger charge is -2.11. The van der Waals surface area contributed by atoms with Crippen LogP contribution in [0.5, 0.6) is 5.75 Å². The smallest absolute Gasteiger partial charge is 0.258 e. The van der Waals surface area contributed by atoms with Gasteiger partial charge in [-0.3, -0.25) is 9.59 Å². The van der Waals surface area contributed by atoms with Gasteiger partial charge < -0.3 is 15.4 Å². The number of benzene rings is 3. The van der Waals surface area contributed by atoms with E-state index in [-0.39, 0.29) is 18.4 Å². The number of amides is 2. The summed E-state index contributed by atoms with van der Waals surface area (Å²) in [5.41, 5.74) is 4.40.